The van der Waals surface area contributed by atoms with Crippen LogP contribution in [0.5, 0.6) is 5.75 Å². The van der Waals surface area contributed by atoms with E-state index in [1.54, 1.807) is 6.08 Å². The highest BCUT2D eigenvalue weighted by atomic mass is 32.1. The predicted octanol–water partition coefficient (Wildman–Crippen LogP) is 5.74. The molecule has 0 saturated carbocycles. The molecule has 1 heterocycles. The van der Waals surface area contributed by atoms with E-state index in [0.717, 1.165) is 36.1 Å². The van der Waals surface area contributed by atoms with Crippen molar-refractivity contribution in [3.8, 4) is 5.75 Å². The Morgan fingerprint density at radius 3 is 2.55 bits per heavy atom. The van der Waals surface area contributed by atoms with Gasteiger partial charge in [0.1, 0.15) is 10.8 Å². The van der Waals surface area contributed by atoms with Gasteiger partial charge in [-0.25, -0.2) is 4.79 Å². The van der Waals surface area contributed by atoms with Gasteiger partial charge < -0.3 is 14.8 Å². The molecular formula is C25H31NO4S. The van der Waals surface area contributed by atoms with Crippen molar-refractivity contribution >= 4 is 34.3 Å². The van der Waals surface area contributed by atoms with Gasteiger partial charge in [-0.3, -0.25) is 4.79 Å². The molecule has 1 aromatic heterocycles. The van der Waals surface area contributed by atoms with Crippen molar-refractivity contribution in [2.75, 3.05) is 19.0 Å². The van der Waals surface area contributed by atoms with E-state index in [1.165, 1.54) is 29.4 Å². The molecule has 1 unspecified atom stereocenters. The first-order chi connectivity index (χ1) is 14.7. The van der Waals surface area contributed by atoms with Crippen molar-refractivity contribution in [1.29, 1.82) is 0 Å². The maximum Gasteiger partial charge on any atom is 0.341 e. The van der Waals surface area contributed by atoms with Gasteiger partial charge in [0.25, 0.3) is 0 Å². The lowest BCUT2D eigenvalue weighted by molar-refractivity contribution is -0.111. The largest absolute Gasteiger partial charge is 0.494 e. The third-order valence-electron chi connectivity index (χ3n) is 5.73. The molecule has 0 fully saturated rings. The number of hydrogen-bond donors (Lipinski definition) is 1. The van der Waals surface area contributed by atoms with Gasteiger partial charge in [-0.15, -0.1) is 11.3 Å². The number of carbonyl (C=O) groups excluding carboxylic acids is 2. The fourth-order valence-corrected chi connectivity index (χ4v) is 5.22. The fraction of sp³-hybridized carbons (Fsp3) is 0.440. The number of ether oxygens (including phenoxy) is 2. The van der Waals surface area contributed by atoms with Gasteiger partial charge in [0.05, 0.1) is 19.3 Å². The van der Waals surface area contributed by atoms with Gasteiger partial charge in [-0.05, 0) is 66.9 Å². The summed E-state index contributed by atoms with van der Waals surface area (Å²) in [5, 5.41) is 3.48. The Morgan fingerprint density at radius 2 is 1.94 bits per heavy atom. The minimum absolute atomic E-state index is 0.205. The van der Waals surface area contributed by atoms with Crippen molar-refractivity contribution in [3.05, 3.63) is 51.9 Å². The molecule has 1 atom stereocenters. The van der Waals surface area contributed by atoms with Gasteiger partial charge in [0, 0.05) is 11.0 Å². The fourth-order valence-electron chi connectivity index (χ4n) is 3.90. The maximum atomic E-state index is 12.6. The summed E-state index contributed by atoms with van der Waals surface area (Å²) in [4.78, 5) is 26.3. The molecule has 0 spiro atoms. The lowest BCUT2D eigenvalue weighted by Gasteiger charge is -2.33. The van der Waals surface area contributed by atoms with E-state index in [4.69, 9.17) is 9.47 Å². The molecule has 0 radical (unpaired) electrons. The van der Waals surface area contributed by atoms with Crippen LogP contribution in [0.25, 0.3) is 6.08 Å². The maximum absolute atomic E-state index is 12.6. The van der Waals surface area contributed by atoms with Gasteiger partial charge in [-0.1, -0.05) is 32.9 Å². The van der Waals surface area contributed by atoms with E-state index in [0.29, 0.717) is 23.1 Å². The summed E-state index contributed by atoms with van der Waals surface area (Å²) >= 11 is 1.50. The van der Waals surface area contributed by atoms with E-state index >= 15 is 0 Å². The van der Waals surface area contributed by atoms with Crippen LogP contribution in [0.15, 0.2) is 30.3 Å². The molecule has 6 heteroatoms. The molecule has 1 aliphatic rings. The quantitative estimate of drug-likeness (QED) is 0.459. The Bertz CT molecular complexity index is 967. The minimum Gasteiger partial charge on any atom is -0.494 e. The van der Waals surface area contributed by atoms with Crippen molar-refractivity contribution in [2.45, 2.75) is 47.0 Å². The van der Waals surface area contributed by atoms with Crippen LogP contribution < -0.4 is 10.1 Å². The molecule has 1 aromatic carbocycles. The third-order valence-corrected chi connectivity index (χ3v) is 6.90. The monoisotopic (exact) mass is 441 g/mol. The molecule has 1 N–H and O–H groups in total. The second kappa shape index (κ2) is 9.69. The first-order valence-corrected chi connectivity index (χ1v) is 11.5. The topological polar surface area (TPSA) is 64.6 Å². The van der Waals surface area contributed by atoms with E-state index in [1.807, 2.05) is 31.2 Å². The Morgan fingerprint density at radius 1 is 1.23 bits per heavy atom. The molecule has 2 aromatic rings. The summed E-state index contributed by atoms with van der Waals surface area (Å²) in [5.74, 6) is 0.680. The Kier molecular flexibility index (Phi) is 7.21. The predicted molar refractivity (Wildman–Crippen MR) is 126 cm³/mol. The molecule has 0 bridgehead atoms. The summed E-state index contributed by atoms with van der Waals surface area (Å²) in [6, 6.07) is 7.53. The van der Waals surface area contributed by atoms with Crippen LogP contribution >= 0.6 is 11.3 Å². The third kappa shape index (κ3) is 5.56. The van der Waals surface area contributed by atoms with Crippen molar-refractivity contribution in [1.82, 2.24) is 0 Å². The summed E-state index contributed by atoms with van der Waals surface area (Å²) in [6.07, 6.45) is 6.00. The lowest BCUT2D eigenvalue weighted by atomic mass is 9.72. The highest BCUT2D eigenvalue weighted by molar-refractivity contribution is 7.17. The Hall–Kier alpha value is -2.60. The van der Waals surface area contributed by atoms with E-state index in [9.17, 15) is 9.59 Å². The second-order valence-corrected chi connectivity index (χ2v) is 9.94. The van der Waals surface area contributed by atoms with Crippen molar-refractivity contribution < 1.29 is 19.1 Å². The number of benzene rings is 1. The molecule has 3 rings (SSSR count). The molecule has 5 nitrogen and oxygen atoms in total. The zero-order chi connectivity index (χ0) is 22.6. The number of nitrogens with one attached hydrogen (secondary N) is 1. The number of hydrogen-bond acceptors (Lipinski definition) is 5. The normalized spacial score (nSPS) is 16.1. The van der Waals surface area contributed by atoms with Gasteiger partial charge in [-0.2, -0.15) is 0 Å². The van der Waals surface area contributed by atoms with Crippen LogP contribution in [0.4, 0.5) is 5.00 Å². The van der Waals surface area contributed by atoms with Crippen LogP contribution in [-0.2, 0) is 22.4 Å². The number of esters is 1. The number of anilines is 1. The lowest BCUT2D eigenvalue weighted by Crippen LogP contribution is -2.26. The standard InChI is InChI=1S/C25H31NO4S/c1-6-30-18-11-7-16(8-12-18)9-14-21(27)26-23-22(24(28)29-5)19-13-10-17(25(2,3)4)15-20(19)31-23/h7-9,11-12,14,17H,6,10,13,15H2,1-5H3,(H,26,27)/b14-9+. The Labute approximate surface area is 188 Å². The van der Waals surface area contributed by atoms with Crippen LogP contribution in [0.2, 0.25) is 0 Å². The second-order valence-electron chi connectivity index (χ2n) is 8.83. The van der Waals surface area contributed by atoms with Crippen molar-refractivity contribution in [3.63, 3.8) is 0 Å². The Balaban J connectivity index is 1.78. The van der Waals surface area contributed by atoms with Gasteiger partial charge in [0.2, 0.25) is 5.91 Å². The molecular weight excluding hydrogens is 410 g/mol. The van der Waals surface area contributed by atoms with Crippen LogP contribution in [0.3, 0.4) is 0 Å². The van der Waals surface area contributed by atoms with Gasteiger partial charge >= 0.3 is 5.97 Å². The summed E-state index contributed by atoms with van der Waals surface area (Å²) < 4.78 is 10.5. The van der Waals surface area contributed by atoms with Crippen LogP contribution in [0, 0.1) is 11.3 Å². The summed E-state index contributed by atoms with van der Waals surface area (Å²) in [5.41, 5.74) is 2.64. The van der Waals surface area contributed by atoms with Crippen LogP contribution in [0.1, 0.15) is 60.5 Å². The number of thiophene rings is 1. The molecule has 166 valence electrons. The van der Waals surface area contributed by atoms with E-state index < -0.39 is 5.97 Å². The summed E-state index contributed by atoms with van der Waals surface area (Å²) in [6.45, 7) is 9.32. The molecule has 0 saturated heterocycles. The molecule has 0 aliphatic heterocycles. The molecule has 1 aliphatic carbocycles. The average Bonchev–Trinajstić information content (AvgIpc) is 3.09. The average molecular weight is 442 g/mol. The first kappa shape index (κ1) is 23.1. The number of methoxy groups -OCH3 is 1. The number of rotatable bonds is 6. The van der Waals surface area contributed by atoms with E-state index in [2.05, 4.69) is 26.1 Å². The van der Waals surface area contributed by atoms with Crippen molar-refractivity contribution in [2.24, 2.45) is 11.3 Å². The minimum atomic E-state index is -0.391. The van der Waals surface area contributed by atoms with E-state index in [-0.39, 0.29) is 11.3 Å². The van der Waals surface area contributed by atoms with Crippen LogP contribution in [-0.4, -0.2) is 25.6 Å². The summed E-state index contributed by atoms with van der Waals surface area (Å²) in [7, 11) is 1.38. The smallest absolute Gasteiger partial charge is 0.341 e. The van der Waals surface area contributed by atoms with Gasteiger partial charge in [0.15, 0.2) is 0 Å². The highest BCUT2D eigenvalue weighted by Gasteiger charge is 2.34. The first-order valence-electron chi connectivity index (χ1n) is 10.7. The molecule has 1 amide bonds. The molecule has 31 heavy (non-hydrogen) atoms. The zero-order valence-corrected chi connectivity index (χ0v) is 19.7. The zero-order valence-electron chi connectivity index (χ0n) is 18.9. The SMILES string of the molecule is CCOc1ccc(/C=C/C(=O)Nc2sc3c(c2C(=O)OC)CCC(C(C)(C)C)C3)cc1. The number of carbonyl (C=O) groups is 2. The number of fused-ring (bicyclic) bond motifs is 1. The number of amides is 1. The highest BCUT2D eigenvalue weighted by Crippen LogP contribution is 2.44.